The lowest BCUT2D eigenvalue weighted by Crippen LogP contribution is -2.38. The molecule has 4 rings (SSSR count). The Hall–Kier alpha value is -3.01. The van der Waals surface area contributed by atoms with Crippen molar-refractivity contribution in [3.63, 3.8) is 0 Å². The number of aromatic nitrogens is 1. The van der Waals surface area contributed by atoms with Crippen LogP contribution in [-0.2, 0) is 9.53 Å². The van der Waals surface area contributed by atoms with Gasteiger partial charge in [-0.2, -0.15) is 18.3 Å². The van der Waals surface area contributed by atoms with E-state index < -0.39 is 29.8 Å². The van der Waals surface area contributed by atoms with Crippen LogP contribution in [0.4, 0.5) is 24.7 Å². The van der Waals surface area contributed by atoms with Gasteiger partial charge in [0.25, 0.3) is 0 Å². The molecule has 1 aromatic carbocycles. The minimum atomic E-state index is -4.58. The van der Waals surface area contributed by atoms with Gasteiger partial charge in [-0.3, -0.25) is 9.80 Å². The van der Waals surface area contributed by atoms with Crippen LogP contribution in [0.5, 0.6) is 5.75 Å². The van der Waals surface area contributed by atoms with E-state index in [-0.39, 0.29) is 12.5 Å². The Kier molecular flexibility index (Phi) is 7.39. The third-order valence-corrected chi connectivity index (χ3v) is 6.61. The third kappa shape index (κ3) is 5.63. The molecule has 11 heteroatoms. The lowest BCUT2D eigenvalue weighted by Gasteiger charge is -2.33. The van der Waals surface area contributed by atoms with Gasteiger partial charge >= 0.3 is 12.1 Å². The van der Waals surface area contributed by atoms with Crippen molar-refractivity contribution in [2.75, 3.05) is 30.1 Å². The maximum absolute atomic E-state index is 13.5. The molecule has 0 radical (unpaired) electrons. The van der Waals surface area contributed by atoms with Crippen LogP contribution in [-0.4, -0.2) is 55.2 Å². The van der Waals surface area contributed by atoms with Crippen LogP contribution < -0.4 is 14.6 Å². The number of nitrogens with zero attached hydrogens (tertiary/aromatic N) is 4. The van der Waals surface area contributed by atoms with E-state index in [0.717, 1.165) is 31.7 Å². The zero-order valence-corrected chi connectivity index (χ0v) is 20.1. The van der Waals surface area contributed by atoms with E-state index in [1.807, 2.05) is 6.07 Å². The Morgan fingerprint density at radius 1 is 1.17 bits per heavy atom. The van der Waals surface area contributed by atoms with Crippen molar-refractivity contribution in [3.05, 3.63) is 47.6 Å². The molecule has 0 aliphatic carbocycles. The summed E-state index contributed by atoms with van der Waals surface area (Å²) in [5.41, 5.74) is -0.469. The topological polar surface area (TPSA) is 67.3 Å². The second kappa shape index (κ2) is 10.3. The Labute approximate surface area is 206 Å². The van der Waals surface area contributed by atoms with E-state index in [9.17, 15) is 18.0 Å². The lowest BCUT2D eigenvalue weighted by atomic mass is 9.94. The van der Waals surface area contributed by atoms with Gasteiger partial charge in [-0.15, -0.1) is 0 Å². The second-order valence-corrected chi connectivity index (χ2v) is 8.98. The number of benzene rings is 1. The Morgan fingerprint density at radius 2 is 1.86 bits per heavy atom. The number of pyridine rings is 1. The fraction of sp³-hybridized carbons (Fsp3) is 0.458. The highest BCUT2D eigenvalue weighted by Gasteiger charge is 2.48. The van der Waals surface area contributed by atoms with Crippen molar-refractivity contribution in [2.45, 2.75) is 44.5 Å². The molecule has 2 aliphatic heterocycles. The molecule has 0 spiro atoms. The molecule has 188 valence electrons. The zero-order valence-electron chi connectivity index (χ0n) is 19.3. The van der Waals surface area contributed by atoms with Crippen LogP contribution in [0.15, 0.2) is 47.7 Å². The highest BCUT2D eigenvalue weighted by atomic mass is 35.5. The molecule has 3 heterocycles. The minimum Gasteiger partial charge on any atom is -0.490 e. The summed E-state index contributed by atoms with van der Waals surface area (Å²) in [7, 11) is 1.21. The van der Waals surface area contributed by atoms with Gasteiger partial charge in [0.1, 0.15) is 23.4 Å². The summed E-state index contributed by atoms with van der Waals surface area (Å²) in [6.07, 6.45) is -1.53. The monoisotopic (exact) mass is 510 g/mol. The minimum absolute atomic E-state index is 0.00618. The maximum Gasteiger partial charge on any atom is 0.431 e. The molecular weight excluding hydrogens is 485 g/mol. The van der Waals surface area contributed by atoms with Gasteiger partial charge in [0.05, 0.1) is 30.3 Å². The Bertz CT molecular complexity index is 1070. The zero-order chi connectivity index (χ0) is 25.2. The van der Waals surface area contributed by atoms with Gasteiger partial charge in [0.2, 0.25) is 0 Å². The van der Waals surface area contributed by atoms with Crippen molar-refractivity contribution in [1.82, 2.24) is 4.98 Å². The molecule has 7 nitrogen and oxygen atoms in total. The molecule has 0 saturated carbocycles. The van der Waals surface area contributed by atoms with Crippen LogP contribution in [0.1, 0.15) is 26.2 Å². The number of halogens is 4. The van der Waals surface area contributed by atoms with Gasteiger partial charge in [-0.25, -0.2) is 4.98 Å². The van der Waals surface area contributed by atoms with Gasteiger partial charge in [-0.1, -0.05) is 18.5 Å². The lowest BCUT2D eigenvalue weighted by molar-refractivity contribution is -0.141. The average molecular weight is 511 g/mol. The van der Waals surface area contributed by atoms with Crippen molar-refractivity contribution >= 4 is 34.8 Å². The Balaban J connectivity index is 1.42. The summed E-state index contributed by atoms with van der Waals surface area (Å²) in [5.74, 6) is -0.205. The molecule has 35 heavy (non-hydrogen) atoms. The molecule has 0 bridgehead atoms. The molecular formula is C24H26ClF3N4O3. The summed E-state index contributed by atoms with van der Waals surface area (Å²) >= 11 is 6.25. The van der Waals surface area contributed by atoms with E-state index in [2.05, 4.69) is 19.7 Å². The van der Waals surface area contributed by atoms with Crippen LogP contribution >= 0.6 is 11.6 Å². The first-order valence-electron chi connectivity index (χ1n) is 11.3. The SMILES string of the molecule is COC(=O)C[C@H]1[C@H](C)C(C(F)(F)F)=NN1c1ccc(OC2CCN(c3ncccc3Cl)CC2)cc1. The molecule has 1 saturated heterocycles. The smallest absolute Gasteiger partial charge is 0.431 e. The third-order valence-electron chi connectivity index (χ3n) is 6.32. The van der Waals surface area contributed by atoms with Gasteiger partial charge < -0.3 is 14.4 Å². The van der Waals surface area contributed by atoms with Gasteiger partial charge in [0.15, 0.2) is 0 Å². The number of ether oxygens (including phenoxy) is 2. The van der Waals surface area contributed by atoms with Gasteiger partial charge in [0, 0.05) is 38.0 Å². The average Bonchev–Trinajstić information content (AvgIpc) is 3.17. The number of hydrazone groups is 1. The first-order chi connectivity index (χ1) is 16.7. The number of piperidine rings is 1. The van der Waals surface area contributed by atoms with Crippen LogP contribution in [0.3, 0.4) is 0 Å². The standard InChI is InChI=1S/C24H26ClF3N4O3/c1-15-20(14-21(33)34-2)32(30-22(15)24(26,27)28)16-5-7-17(8-6-16)35-18-9-12-31(13-10-18)23-19(25)4-3-11-29-23/h3-8,11,15,18,20H,9-10,12-14H2,1-2H3/t15-,20-/m0/s1. The number of carbonyl (C=O) groups is 1. The molecule has 1 fully saturated rings. The van der Waals surface area contributed by atoms with E-state index in [4.69, 9.17) is 16.3 Å². The fourth-order valence-electron chi connectivity index (χ4n) is 4.42. The summed E-state index contributed by atoms with van der Waals surface area (Å²) < 4.78 is 51.2. The number of hydrogen-bond acceptors (Lipinski definition) is 7. The Morgan fingerprint density at radius 3 is 2.46 bits per heavy atom. The number of alkyl halides is 3. The quantitative estimate of drug-likeness (QED) is 0.504. The first kappa shape index (κ1) is 25.1. The molecule has 2 aliphatic rings. The highest BCUT2D eigenvalue weighted by Crippen LogP contribution is 2.37. The number of anilines is 2. The molecule has 2 atom stereocenters. The molecule has 0 N–H and O–H groups in total. The van der Waals surface area contributed by atoms with Crippen molar-refractivity contribution in [3.8, 4) is 5.75 Å². The molecule has 0 unspecified atom stereocenters. The van der Waals surface area contributed by atoms with Crippen LogP contribution in [0.25, 0.3) is 0 Å². The van der Waals surface area contributed by atoms with E-state index in [1.54, 1.807) is 36.5 Å². The number of esters is 1. The van der Waals surface area contributed by atoms with E-state index in [0.29, 0.717) is 16.5 Å². The number of rotatable bonds is 6. The summed E-state index contributed by atoms with van der Waals surface area (Å²) in [4.78, 5) is 18.3. The van der Waals surface area contributed by atoms with Crippen molar-refractivity contribution < 1.29 is 27.4 Å². The van der Waals surface area contributed by atoms with Gasteiger partial charge in [-0.05, 0) is 36.4 Å². The predicted octanol–water partition coefficient (Wildman–Crippen LogP) is 5.09. The number of methoxy groups -OCH3 is 1. The second-order valence-electron chi connectivity index (χ2n) is 8.57. The molecule has 1 aromatic heterocycles. The van der Waals surface area contributed by atoms with Crippen molar-refractivity contribution in [2.24, 2.45) is 11.0 Å². The fourth-order valence-corrected chi connectivity index (χ4v) is 4.66. The largest absolute Gasteiger partial charge is 0.490 e. The van der Waals surface area contributed by atoms with Crippen LogP contribution in [0, 0.1) is 5.92 Å². The van der Waals surface area contributed by atoms with E-state index >= 15 is 0 Å². The highest BCUT2D eigenvalue weighted by molar-refractivity contribution is 6.32. The van der Waals surface area contributed by atoms with Crippen LogP contribution in [0.2, 0.25) is 5.02 Å². The summed E-state index contributed by atoms with van der Waals surface area (Å²) in [5, 5.41) is 5.69. The summed E-state index contributed by atoms with van der Waals surface area (Å²) in [6.45, 7) is 2.91. The first-order valence-corrected chi connectivity index (χ1v) is 11.7. The maximum atomic E-state index is 13.5. The van der Waals surface area contributed by atoms with E-state index in [1.165, 1.54) is 19.0 Å². The summed E-state index contributed by atoms with van der Waals surface area (Å²) in [6, 6.07) is 9.52. The normalized spacial score (nSPS) is 21.1. The number of carbonyl (C=O) groups excluding carboxylic acids is 1. The molecule has 2 aromatic rings. The number of hydrogen-bond donors (Lipinski definition) is 0. The predicted molar refractivity (Wildman–Crippen MR) is 127 cm³/mol. The molecule has 0 amide bonds. The van der Waals surface area contributed by atoms with Crippen molar-refractivity contribution in [1.29, 1.82) is 0 Å².